The smallest absolute Gasteiger partial charge is 0.336 e. The van der Waals surface area contributed by atoms with Gasteiger partial charge in [0, 0.05) is 19.3 Å². The first-order valence-electron chi connectivity index (χ1n) is 7.12. The molecule has 1 atom stereocenters. The molecule has 0 aliphatic heterocycles. The summed E-state index contributed by atoms with van der Waals surface area (Å²) in [6.07, 6.45) is 0.861. The van der Waals surface area contributed by atoms with Crippen LogP contribution >= 0.6 is 0 Å². The van der Waals surface area contributed by atoms with Gasteiger partial charge in [-0.3, -0.25) is 9.59 Å². The number of hydrogen-bond acceptors (Lipinski definition) is 6. The highest BCUT2D eigenvalue weighted by Crippen LogP contribution is 2.09. The van der Waals surface area contributed by atoms with Crippen LogP contribution in [0.25, 0.3) is 0 Å². The number of nitrogens with zero attached hydrogens (tertiary/aromatic N) is 1. The van der Waals surface area contributed by atoms with E-state index in [0.29, 0.717) is 0 Å². The minimum atomic E-state index is -3.83. The van der Waals surface area contributed by atoms with Gasteiger partial charge in [0.25, 0.3) is 5.91 Å². The third-order valence-electron chi connectivity index (χ3n) is 3.20. The van der Waals surface area contributed by atoms with Gasteiger partial charge < -0.3 is 15.7 Å². The third kappa shape index (κ3) is 5.89. The summed E-state index contributed by atoms with van der Waals surface area (Å²) in [7, 11) is -3.83. The van der Waals surface area contributed by atoms with E-state index in [1.165, 1.54) is 24.3 Å². The average molecular weight is 367 g/mol. The number of carboxylic acids is 1. The van der Waals surface area contributed by atoms with Crippen molar-refractivity contribution in [3.05, 3.63) is 35.4 Å². The fourth-order valence-corrected chi connectivity index (χ4v) is 2.80. The minimum absolute atomic E-state index is 0.0145. The summed E-state index contributed by atoms with van der Waals surface area (Å²) < 4.78 is 23.5. The number of amides is 2. The molecule has 0 fully saturated rings. The Hall–Kier alpha value is -2.93. The predicted octanol–water partition coefficient (Wildman–Crippen LogP) is -0.442. The molecule has 10 heteroatoms. The summed E-state index contributed by atoms with van der Waals surface area (Å²) in [6, 6.07) is 7.22. The zero-order valence-corrected chi connectivity index (χ0v) is 14.2. The first-order valence-corrected chi connectivity index (χ1v) is 9.08. The molecule has 0 aromatic heterocycles. The van der Waals surface area contributed by atoms with Crippen LogP contribution in [0.15, 0.2) is 24.3 Å². The highest BCUT2D eigenvalue weighted by Gasteiger charge is 2.29. The minimum Gasteiger partial charge on any atom is -0.478 e. The Balaban J connectivity index is 2.87. The van der Waals surface area contributed by atoms with Gasteiger partial charge in [-0.15, -0.1) is 0 Å². The molecule has 1 aromatic carbocycles. The molecule has 3 N–H and O–H groups in total. The number of carbonyl (C=O) groups excluding carboxylic acids is 2. The SMILES string of the molecule is CS(=O)(=O)C(CNC(=O)c1ccccc1C(=O)O)C(=O)NCCC#N. The van der Waals surface area contributed by atoms with E-state index in [0.717, 1.165) is 6.26 Å². The topological polar surface area (TPSA) is 153 Å². The van der Waals surface area contributed by atoms with Gasteiger partial charge >= 0.3 is 5.97 Å². The molecule has 0 spiro atoms. The first-order chi connectivity index (χ1) is 11.7. The van der Waals surface area contributed by atoms with Crippen molar-refractivity contribution in [2.75, 3.05) is 19.3 Å². The third-order valence-corrected chi connectivity index (χ3v) is 4.61. The molecule has 1 rings (SSSR count). The fraction of sp³-hybridized carbons (Fsp3) is 0.333. The van der Waals surface area contributed by atoms with Crippen molar-refractivity contribution in [3.63, 3.8) is 0 Å². The molecule has 0 saturated carbocycles. The lowest BCUT2D eigenvalue weighted by molar-refractivity contribution is -0.120. The number of carboxylic acid groups (broad SMARTS) is 1. The van der Waals surface area contributed by atoms with E-state index in [1.54, 1.807) is 6.07 Å². The predicted molar refractivity (Wildman–Crippen MR) is 87.6 cm³/mol. The first kappa shape index (κ1) is 20.1. The fourth-order valence-electron chi connectivity index (χ4n) is 1.94. The second-order valence-corrected chi connectivity index (χ2v) is 7.31. The molecule has 1 aromatic rings. The molecule has 0 heterocycles. The van der Waals surface area contributed by atoms with E-state index in [9.17, 15) is 22.8 Å². The van der Waals surface area contributed by atoms with Crippen molar-refractivity contribution in [2.45, 2.75) is 11.7 Å². The number of hydrogen-bond donors (Lipinski definition) is 3. The van der Waals surface area contributed by atoms with E-state index in [2.05, 4.69) is 10.6 Å². The van der Waals surface area contributed by atoms with Crippen LogP contribution in [0.3, 0.4) is 0 Å². The van der Waals surface area contributed by atoms with Crippen LogP contribution in [0.4, 0.5) is 0 Å². The lowest BCUT2D eigenvalue weighted by Gasteiger charge is -2.16. The normalized spacial score (nSPS) is 11.8. The summed E-state index contributed by atoms with van der Waals surface area (Å²) in [5.74, 6) is -2.96. The van der Waals surface area contributed by atoms with Gasteiger partial charge in [-0.05, 0) is 12.1 Å². The number of benzene rings is 1. The van der Waals surface area contributed by atoms with Gasteiger partial charge in [0.15, 0.2) is 15.1 Å². The number of carbonyl (C=O) groups is 3. The zero-order valence-electron chi connectivity index (χ0n) is 13.4. The largest absolute Gasteiger partial charge is 0.478 e. The van der Waals surface area contributed by atoms with Crippen molar-refractivity contribution in [1.82, 2.24) is 10.6 Å². The van der Waals surface area contributed by atoms with E-state index in [4.69, 9.17) is 10.4 Å². The summed E-state index contributed by atoms with van der Waals surface area (Å²) in [6.45, 7) is -0.541. The van der Waals surface area contributed by atoms with Gasteiger partial charge in [0.1, 0.15) is 0 Å². The van der Waals surface area contributed by atoms with Crippen LogP contribution in [0, 0.1) is 11.3 Å². The summed E-state index contributed by atoms with van der Waals surface area (Å²) >= 11 is 0. The maximum Gasteiger partial charge on any atom is 0.336 e. The molecular weight excluding hydrogens is 350 g/mol. The van der Waals surface area contributed by atoms with Crippen molar-refractivity contribution in [3.8, 4) is 6.07 Å². The number of aromatic carboxylic acids is 1. The van der Waals surface area contributed by atoms with Gasteiger partial charge in [-0.1, -0.05) is 12.1 Å². The van der Waals surface area contributed by atoms with E-state index >= 15 is 0 Å². The Labute approximate surface area is 144 Å². The zero-order chi connectivity index (χ0) is 19.0. The van der Waals surface area contributed by atoms with Crippen LogP contribution in [-0.4, -0.2) is 55.9 Å². The molecule has 0 aliphatic carbocycles. The molecule has 2 amide bonds. The molecular formula is C15H17N3O6S. The average Bonchev–Trinajstić information content (AvgIpc) is 2.53. The molecule has 134 valence electrons. The van der Waals surface area contributed by atoms with Crippen LogP contribution in [0.5, 0.6) is 0 Å². The Morgan fingerprint density at radius 3 is 2.32 bits per heavy atom. The number of nitriles is 1. The summed E-state index contributed by atoms with van der Waals surface area (Å²) in [5.41, 5.74) is -0.387. The van der Waals surface area contributed by atoms with Gasteiger partial charge in [-0.25, -0.2) is 13.2 Å². The van der Waals surface area contributed by atoms with E-state index < -0.39 is 39.4 Å². The highest BCUT2D eigenvalue weighted by atomic mass is 32.2. The lowest BCUT2D eigenvalue weighted by atomic mass is 10.1. The van der Waals surface area contributed by atoms with Crippen LogP contribution in [0.2, 0.25) is 0 Å². The van der Waals surface area contributed by atoms with Crippen molar-refractivity contribution < 1.29 is 27.9 Å². The molecule has 1 unspecified atom stereocenters. The standard InChI is InChI=1S/C15H17N3O6S/c1-25(23,24)12(14(20)17-8-4-7-16)9-18-13(19)10-5-2-3-6-11(10)15(21)22/h2-3,5-6,12H,4,8-9H2,1H3,(H,17,20)(H,18,19)(H,21,22). The number of nitrogens with one attached hydrogen (secondary N) is 2. The number of rotatable bonds is 8. The van der Waals surface area contributed by atoms with E-state index in [1.807, 2.05) is 0 Å². The number of sulfone groups is 1. The van der Waals surface area contributed by atoms with Crippen LogP contribution < -0.4 is 10.6 Å². The van der Waals surface area contributed by atoms with Crippen LogP contribution in [-0.2, 0) is 14.6 Å². The maximum atomic E-state index is 12.1. The second-order valence-electron chi connectivity index (χ2n) is 5.08. The maximum absolute atomic E-state index is 12.1. The van der Waals surface area contributed by atoms with Crippen molar-refractivity contribution in [2.24, 2.45) is 0 Å². The lowest BCUT2D eigenvalue weighted by Crippen LogP contribution is -2.47. The molecule has 0 radical (unpaired) electrons. The monoisotopic (exact) mass is 367 g/mol. The Kier molecular flexibility index (Phi) is 7.07. The second kappa shape index (κ2) is 8.79. The summed E-state index contributed by atoms with van der Waals surface area (Å²) in [5, 5.41) is 20.5. The molecule has 0 bridgehead atoms. The van der Waals surface area contributed by atoms with Gasteiger partial charge in [0.05, 0.1) is 23.6 Å². The van der Waals surface area contributed by atoms with Gasteiger partial charge in [0.2, 0.25) is 5.91 Å². The molecule has 25 heavy (non-hydrogen) atoms. The Morgan fingerprint density at radius 1 is 1.20 bits per heavy atom. The molecule has 0 aliphatic rings. The molecule has 0 saturated heterocycles. The highest BCUT2D eigenvalue weighted by molar-refractivity contribution is 7.92. The van der Waals surface area contributed by atoms with Crippen molar-refractivity contribution in [1.29, 1.82) is 5.26 Å². The quantitative estimate of drug-likeness (QED) is 0.526. The Morgan fingerprint density at radius 2 is 1.80 bits per heavy atom. The van der Waals surface area contributed by atoms with Crippen molar-refractivity contribution >= 4 is 27.6 Å². The summed E-state index contributed by atoms with van der Waals surface area (Å²) in [4.78, 5) is 35.2. The molecule has 9 nitrogen and oxygen atoms in total. The van der Waals surface area contributed by atoms with Gasteiger partial charge in [-0.2, -0.15) is 5.26 Å². The Bertz CT molecular complexity index is 813. The van der Waals surface area contributed by atoms with Crippen LogP contribution in [0.1, 0.15) is 27.1 Å². The van der Waals surface area contributed by atoms with E-state index in [-0.39, 0.29) is 24.1 Å².